The van der Waals surface area contributed by atoms with Gasteiger partial charge in [0.05, 0.1) is 6.42 Å². The van der Waals surface area contributed by atoms with Crippen molar-refractivity contribution in [2.75, 3.05) is 20.3 Å². The Labute approximate surface area is 94.6 Å². The average molecular weight is 225 g/mol. The van der Waals surface area contributed by atoms with E-state index in [2.05, 4.69) is 5.32 Å². The quantitative estimate of drug-likeness (QED) is 0.745. The van der Waals surface area contributed by atoms with Crippen LogP contribution in [0.25, 0.3) is 0 Å². The van der Waals surface area contributed by atoms with Crippen molar-refractivity contribution in [3.63, 3.8) is 0 Å². The van der Waals surface area contributed by atoms with Crippen LogP contribution in [0.15, 0.2) is 24.3 Å². The summed E-state index contributed by atoms with van der Waals surface area (Å²) in [6.07, 6.45) is 1.08. The van der Waals surface area contributed by atoms with Crippen molar-refractivity contribution < 1.29 is 13.9 Å². The molecule has 88 valence electrons. The first-order valence-corrected chi connectivity index (χ1v) is 5.22. The molecule has 0 aliphatic heterocycles. The summed E-state index contributed by atoms with van der Waals surface area (Å²) in [5, 5.41) is 2.77. The van der Waals surface area contributed by atoms with Crippen molar-refractivity contribution in [1.29, 1.82) is 0 Å². The second kappa shape index (κ2) is 6.95. The molecule has 1 N–H and O–H groups in total. The second-order valence-corrected chi connectivity index (χ2v) is 3.50. The summed E-state index contributed by atoms with van der Waals surface area (Å²) in [6.45, 7) is 1.24. The van der Waals surface area contributed by atoms with Gasteiger partial charge in [0.1, 0.15) is 5.82 Å². The first kappa shape index (κ1) is 12.6. The van der Waals surface area contributed by atoms with Crippen LogP contribution in [0, 0.1) is 5.82 Å². The van der Waals surface area contributed by atoms with Gasteiger partial charge in [-0.3, -0.25) is 4.79 Å². The Kier molecular flexibility index (Phi) is 5.50. The minimum Gasteiger partial charge on any atom is -0.385 e. The van der Waals surface area contributed by atoms with Crippen molar-refractivity contribution in [2.24, 2.45) is 0 Å². The molecule has 3 nitrogen and oxygen atoms in total. The van der Waals surface area contributed by atoms with Gasteiger partial charge in [0.2, 0.25) is 5.91 Å². The Balaban J connectivity index is 2.26. The van der Waals surface area contributed by atoms with Crippen LogP contribution in [-0.4, -0.2) is 26.2 Å². The average Bonchev–Trinajstić information content (AvgIpc) is 2.28. The Morgan fingerprint density at radius 2 is 2.06 bits per heavy atom. The molecule has 0 unspecified atom stereocenters. The second-order valence-electron chi connectivity index (χ2n) is 3.50. The maximum atomic E-state index is 12.6. The van der Waals surface area contributed by atoms with E-state index in [-0.39, 0.29) is 18.1 Å². The van der Waals surface area contributed by atoms with Crippen molar-refractivity contribution in [3.8, 4) is 0 Å². The highest BCUT2D eigenvalue weighted by Crippen LogP contribution is 2.03. The maximum absolute atomic E-state index is 12.6. The molecule has 1 amide bonds. The number of methoxy groups -OCH3 is 1. The Bertz CT molecular complexity index is 324. The highest BCUT2D eigenvalue weighted by Gasteiger charge is 2.02. The number of carbonyl (C=O) groups is 1. The van der Waals surface area contributed by atoms with Crippen LogP contribution >= 0.6 is 0 Å². The lowest BCUT2D eigenvalue weighted by molar-refractivity contribution is -0.120. The third-order valence-electron chi connectivity index (χ3n) is 2.13. The van der Waals surface area contributed by atoms with Crippen LogP contribution in [0.4, 0.5) is 4.39 Å². The maximum Gasteiger partial charge on any atom is 0.224 e. The highest BCUT2D eigenvalue weighted by atomic mass is 19.1. The molecule has 1 aromatic carbocycles. The minimum absolute atomic E-state index is 0.0530. The van der Waals surface area contributed by atoms with E-state index in [1.165, 1.54) is 12.1 Å². The molecule has 0 fully saturated rings. The summed E-state index contributed by atoms with van der Waals surface area (Å²) < 4.78 is 17.5. The summed E-state index contributed by atoms with van der Waals surface area (Å²) >= 11 is 0. The fourth-order valence-corrected chi connectivity index (χ4v) is 1.29. The van der Waals surface area contributed by atoms with Gasteiger partial charge in [0.25, 0.3) is 0 Å². The number of hydrogen-bond acceptors (Lipinski definition) is 2. The van der Waals surface area contributed by atoms with E-state index in [9.17, 15) is 9.18 Å². The topological polar surface area (TPSA) is 38.3 Å². The van der Waals surface area contributed by atoms with Crippen LogP contribution in [0.2, 0.25) is 0 Å². The summed E-state index contributed by atoms with van der Waals surface area (Å²) in [4.78, 5) is 11.4. The molecule has 1 aromatic rings. The zero-order valence-electron chi connectivity index (χ0n) is 9.33. The van der Waals surface area contributed by atoms with Crippen molar-refractivity contribution >= 4 is 5.91 Å². The smallest absolute Gasteiger partial charge is 0.224 e. The number of amides is 1. The third kappa shape index (κ3) is 4.89. The molecule has 0 saturated carbocycles. The molecule has 0 bridgehead atoms. The fraction of sp³-hybridized carbons (Fsp3) is 0.417. The Hall–Kier alpha value is -1.42. The van der Waals surface area contributed by atoms with E-state index in [1.807, 2.05) is 0 Å². The van der Waals surface area contributed by atoms with Crippen LogP contribution in [0.5, 0.6) is 0 Å². The lowest BCUT2D eigenvalue weighted by Gasteiger charge is -2.04. The molecule has 0 aromatic heterocycles. The highest BCUT2D eigenvalue weighted by molar-refractivity contribution is 5.78. The number of benzene rings is 1. The molecule has 0 saturated heterocycles. The van der Waals surface area contributed by atoms with Crippen LogP contribution in [0.3, 0.4) is 0 Å². The Morgan fingerprint density at radius 1 is 1.38 bits per heavy atom. The van der Waals surface area contributed by atoms with Gasteiger partial charge in [-0.1, -0.05) is 12.1 Å². The summed E-state index contributed by atoms with van der Waals surface area (Å²) in [5.41, 5.74) is 0.811. The molecule has 0 atom stereocenters. The van der Waals surface area contributed by atoms with Gasteiger partial charge in [-0.05, 0) is 24.1 Å². The lowest BCUT2D eigenvalue weighted by atomic mass is 10.1. The van der Waals surface area contributed by atoms with Gasteiger partial charge in [0.15, 0.2) is 0 Å². The van der Waals surface area contributed by atoms with Gasteiger partial charge in [-0.15, -0.1) is 0 Å². The largest absolute Gasteiger partial charge is 0.385 e. The number of halogens is 1. The molecule has 0 radical (unpaired) electrons. The fourth-order valence-electron chi connectivity index (χ4n) is 1.29. The molecule has 4 heteroatoms. The van der Waals surface area contributed by atoms with Crippen LogP contribution < -0.4 is 5.32 Å². The van der Waals surface area contributed by atoms with E-state index in [1.54, 1.807) is 19.2 Å². The van der Waals surface area contributed by atoms with E-state index < -0.39 is 0 Å². The van der Waals surface area contributed by atoms with Crippen LogP contribution in [-0.2, 0) is 16.0 Å². The number of nitrogens with one attached hydrogen (secondary N) is 1. The van der Waals surface area contributed by atoms with E-state index in [0.717, 1.165) is 12.0 Å². The van der Waals surface area contributed by atoms with Gasteiger partial charge >= 0.3 is 0 Å². The van der Waals surface area contributed by atoms with Crippen molar-refractivity contribution in [1.82, 2.24) is 5.32 Å². The summed E-state index contributed by atoms with van der Waals surface area (Å²) in [6, 6.07) is 5.94. The molecule has 0 aliphatic rings. The van der Waals surface area contributed by atoms with Gasteiger partial charge < -0.3 is 10.1 Å². The monoisotopic (exact) mass is 225 g/mol. The molecule has 0 heterocycles. The van der Waals surface area contributed by atoms with E-state index >= 15 is 0 Å². The first-order valence-electron chi connectivity index (χ1n) is 5.22. The standard InChI is InChI=1S/C12H16FNO2/c1-16-8-2-7-14-12(15)9-10-3-5-11(13)6-4-10/h3-6H,2,7-9H2,1H3,(H,14,15). The molecule has 0 spiro atoms. The van der Waals surface area contributed by atoms with Gasteiger partial charge in [-0.2, -0.15) is 0 Å². The summed E-state index contributed by atoms with van der Waals surface area (Å²) in [5.74, 6) is -0.341. The molecule has 16 heavy (non-hydrogen) atoms. The number of carbonyl (C=O) groups excluding carboxylic acids is 1. The zero-order chi connectivity index (χ0) is 11.8. The van der Waals surface area contributed by atoms with Gasteiger partial charge in [0, 0.05) is 20.3 Å². The molecular formula is C12H16FNO2. The first-order chi connectivity index (χ1) is 7.72. The molecule has 1 rings (SSSR count). The van der Waals surface area contributed by atoms with E-state index in [4.69, 9.17) is 4.74 Å². The predicted octanol–water partition coefficient (Wildman–Crippen LogP) is 1.52. The number of ether oxygens (including phenoxy) is 1. The number of hydrogen-bond donors (Lipinski definition) is 1. The van der Waals surface area contributed by atoms with Crippen molar-refractivity contribution in [3.05, 3.63) is 35.6 Å². The Morgan fingerprint density at radius 3 is 2.69 bits per heavy atom. The van der Waals surface area contributed by atoms with E-state index in [0.29, 0.717) is 13.2 Å². The van der Waals surface area contributed by atoms with Gasteiger partial charge in [-0.25, -0.2) is 4.39 Å². The lowest BCUT2D eigenvalue weighted by Crippen LogP contribution is -2.26. The minimum atomic E-state index is -0.288. The summed E-state index contributed by atoms with van der Waals surface area (Å²) in [7, 11) is 1.63. The number of rotatable bonds is 6. The van der Waals surface area contributed by atoms with Crippen molar-refractivity contribution in [2.45, 2.75) is 12.8 Å². The molecule has 0 aliphatic carbocycles. The third-order valence-corrected chi connectivity index (χ3v) is 2.13. The van der Waals surface area contributed by atoms with Crippen LogP contribution in [0.1, 0.15) is 12.0 Å². The SMILES string of the molecule is COCCCNC(=O)Cc1ccc(F)cc1. The normalized spacial score (nSPS) is 10.1. The molecular weight excluding hydrogens is 209 g/mol. The zero-order valence-corrected chi connectivity index (χ0v) is 9.33. The predicted molar refractivity (Wildman–Crippen MR) is 59.6 cm³/mol.